The van der Waals surface area contributed by atoms with E-state index in [9.17, 15) is 19.3 Å². The molecular weight excluding hydrogens is 226 g/mol. The number of rotatable bonds is 5. The van der Waals surface area contributed by atoms with Crippen molar-refractivity contribution >= 4 is 17.8 Å². The van der Waals surface area contributed by atoms with E-state index in [-0.39, 0.29) is 17.9 Å². The molecule has 90 valence electrons. The van der Waals surface area contributed by atoms with Crippen molar-refractivity contribution in [1.29, 1.82) is 0 Å². The summed E-state index contributed by atoms with van der Waals surface area (Å²) in [6.07, 6.45) is 2.70. The molecule has 1 aliphatic heterocycles. The van der Waals surface area contributed by atoms with Crippen molar-refractivity contribution in [3.63, 3.8) is 0 Å². The Bertz CT molecular complexity index is 406. The van der Waals surface area contributed by atoms with Gasteiger partial charge in [-0.1, -0.05) is 12.2 Å². The fourth-order valence-corrected chi connectivity index (χ4v) is 1.67. The van der Waals surface area contributed by atoms with Gasteiger partial charge in [0.2, 0.25) is 5.91 Å². The first-order valence-electron chi connectivity index (χ1n) is 4.78. The number of carbonyl (C=O) groups is 3. The number of nitrogens with zero attached hydrogens (tertiary/aromatic N) is 2. The number of urea groups is 1. The summed E-state index contributed by atoms with van der Waals surface area (Å²) >= 11 is 0. The second kappa shape index (κ2) is 4.69. The first-order chi connectivity index (χ1) is 8.03. The van der Waals surface area contributed by atoms with Crippen LogP contribution < -0.4 is 5.32 Å². The van der Waals surface area contributed by atoms with E-state index in [4.69, 9.17) is 0 Å². The van der Waals surface area contributed by atoms with Crippen LogP contribution in [0.25, 0.3) is 0 Å². The Labute approximate surface area is 97.1 Å². The van der Waals surface area contributed by atoms with E-state index in [0.29, 0.717) is 0 Å². The summed E-state index contributed by atoms with van der Waals surface area (Å²) in [5.74, 6) is -1.73. The van der Waals surface area contributed by atoms with E-state index >= 15 is 0 Å². The first kappa shape index (κ1) is 12.8. The molecule has 7 nitrogen and oxygen atoms in total. The van der Waals surface area contributed by atoms with Gasteiger partial charge in [-0.2, -0.15) is 0 Å². The van der Waals surface area contributed by atoms with Crippen molar-refractivity contribution in [1.82, 2.24) is 10.3 Å². The molecule has 0 aromatic carbocycles. The highest BCUT2D eigenvalue weighted by Crippen LogP contribution is 2.33. The van der Waals surface area contributed by atoms with Gasteiger partial charge in [-0.15, -0.1) is 23.1 Å². The predicted molar refractivity (Wildman–Crippen MR) is 58.2 cm³/mol. The molecule has 1 fully saturated rings. The van der Waals surface area contributed by atoms with E-state index in [0.717, 1.165) is 0 Å². The summed E-state index contributed by atoms with van der Waals surface area (Å²) in [5.41, 5.74) is -1.56. The Hall–Kier alpha value is -2.31. The summed E-state index contributed by atoms with van der Waals surface area (Å²) in [6, 6.07) is -1.14. The smallest absolute Gasteiger partial charge is 0.275 e. The topological polar surface area (TPSA) is 95.9 Å². The molecule has 0 bridgehead atoms. The number of barbiturate groups is 1. The van der Waals surface area contributed by atoms with Gasteiger partial charge in [0, 0.05) is 0 Å². The fraction of sp³-hybridized carbons (Fsp3) is 0.300. The van der Waals surface area contributed by atoms with Crippen LogP contribution in [-0.4, -0.2) is 22.9 Å². The number of amides is 4. The molecule has 1 N–H and O–H groups in total. The maximum absolute atomic E-state index is 11.9. The quantitative estimate of drug-likeness (QED) is 0.436. The number of hydrogen-bond acceptors (Lipinski definition) is 5. The number of nitrogens with one attached hydrogen (secondary N) is 1. The lowest BCUT2D eigenvalue weighted by molar-refractivity contribution is -0.151. The average molecular weight is 237 g/mol. The highest BCUT2D eigenvalue weighted by atomic mass is 16.3. The fourth-order valence-electron chi connectivity index (χ4n) is 1.67. The molecule has 0 radical (unpaired) electrons. The van der Waals surface area contributed by atoms with Crippen LogP contribution in [0.2, 0.25) is 0 Å². The third kappa shape index (κ3) is 1.86. The lowest BCUT2D eigenvalue weighted by atomic mass is 9.78. The molecule has 1 rings (SSSR count). The number of carbonyl (C=O) groups excluding carboxylic acids is 3. The Kier molecular flexibility index (Phi) is 3.52. The third-order valence-corrected chi connectivity index (χ3v) is 2.52. The third-order valence-electron chi connectivity index (χ3n) is 2.52. The zero-order valence-electron chi connectivity index (χ0n) is 9.01. The molecule has 0 aromatic heterocycles. The van der Waals surface area contributed by atoms with Gasteiger partial charge in [0.15, 0.2) is 0 Å². The van der Waals surface area contributed by atoms with E-state index in [1.807, 2.05) is 5.32 Å². The molecule has 0 aliphatic carbocycles. The van der Waals surface area contributed by atoms with Crippen molar-refractivity contribution < 1.29 is 14.4 Å². The number of hydrogen-bond donors (Lipinski definition) is 1. The lowest BCUT2D eigenvalue weighted by Gasteiger charge is -2.34. The van der Waals surface area contributed by atoms with Crippen LogP contribution in [0.3, 0.4) is 0 Å². The van der Waals surface area contributed by atoms with Crippen LogP contribution >= 0.6 is 0 Å². The van der Waals surface area contributed by atoms with Crippen LogP contribution in [0, 0.1) is 10.3 Å². The second-order valence-electron chi connectivity index (χ2n) is 3.53. The average Bonchev–Trinajstić information content (AvgIpc) is 2.27. The van der Waals surface area contributed by atoms with Crippen LogP contribution in [0.4, 0.5) is 4.79 Å². The molecule has 17 heavy (non-hydrogen) atoms. The van der Waals surface area contributed by atoms with Crippen molar-refractivity contribution in [2.24, 2.45) is 10.7 Å². The van der Waals surface area contributed by atoms with Crippen LogP contribution in [0.15, 0.2) is 30.6 Å². The molecule has 0 unspecified atom stereocenters. The molecule has 0 aromatic rings. The minimum absolute atomic E-state index is 0.0109. The lowest BCUT2D eigenvalue weighted by Crippen LogP contribution is -2.62. The molecule has 1 saturated heterocycles. The number of allylic oxidation sites excluding steroid dienone is 2. The Morgan fingerprint density at radius 2 is 1.76 bits per heavy atom. The predicted octanol–water partition coefficient (Wildman–Crippen LogP) is 0.885. The Morgan fingerprint density at radius 1 is 1.24 bits per heavy atom. The standard InChI is InChI=1S/C10H11N3O4/c1-3-5-10(6-4-2)7(14)11-9(16)13(12-17)8(10)15/h3-4H,1-2,5-6H2,(H,11,14,16). The van der Waals surface area contributed by atoms with E-state index in [1.165, 1.54) is 12.2 Å². The summed E-state index contributed by atoms with van der Waals surface area (Å²) in [6.45, 7) is 6.88. The van der Waals surface area contributed by atoms with Gasteiger partial charge < -0.3 is 0 Å². The molecule has 4 amide bonds. The zero-order chi connectivity index (χ0) is 13.1. The van der Waals surface area contributed by atoms with E-state index < -0.39 is 23.3 Å². The molecular formula is C10H11N3O4. The SMILES string of the molecule is C=CCC1(CC=C)C(=O)NC(=O)N(N=O)C1=O. The van der Waals surface area contributed by atoms with Gasteiger partial charge in [-0.05, 0) is 12.8 Å². The highest BCUT2D eigenvalue weighted by Gasteiger charge is 2.53. The molecule has 1 aliphatic rings. The van der Waals surface area contributed by atoms with Crippen LogP contribution in [-0.2, 0) is 9.59 Å². The van der Waals surface area contributed by atoms with Crippen molar-refractivity contribution in [3.05, 3.63) is 30.2 Å². The molecule has 7 heteroatoms. The molecule has 0 spiro atoms. The zero-order valence-corrected chi connectivity index (χ0v) is 9.01. The normalized spacial score (nSPS) is 18.6. The summed E-state index contributed by atoms with van der Waals surface area (Å²) in [7, 11) is 0. The largest absolute Gasteiger partial charge is 0.354 e. The van der Waals surface area contributed by atoms with Crippen molar-refractivity contribution in [2.75, 3.05) is 0 Å². The molecule has 0 atom stereocenters. The molecule has 0 saturated carbocycles. The Morgan fingerprint density at radius 3 is 2.18 bits per heavy atom. The van der Waals surface area contributed by atoms with Gasteiger partial charge in [0.25, 0.3) is 5.91 Å². The van der Waals surface area contributed by atoms with Gasteiger partial charge >= 0.3 is 6.03 Å². The van der Waals surface area contributed by atoms with Gasteiger partial charge in [-0.3, -0.25) is 14.9 Å². The molecule has 1 heterocycles. The summed E-state index contributed by atoms with van der Waals surface area (Å²) < 4.78 is 0. The van der Waals surface area contributed by atoms with E-state index in [2.05, 4.69) is 18.4 Å². The summed E-state index contributed by atoms with van der Waals surface area (Å²) in [4.78, 5) is 45.3. The monoisotopic (exact) mass is 237 g/mol. The van der Waals surface area contributed by atoms with Crippen LogP contribution in [0.5, 0.6) is 0 Å². The number of imide groups is 2. The summed E-state index contributed by atoms with van der Waals surface area (Å²) in [5, 5.41) is 4.32. The van der Waals surface area contributed by atoms with Gasteiger partial charge in [-0.25, -0.2) is 4.79 Å². The van der Waals surface area contributed by atoms with E-state index in [1.54, 1.807) is 0 Å². The van der Waals surface area contributed by atoms with Crippen molar-refractivity contribution in [2.45, 2.75) is 12.8 Å². The van der Waals surface area contributed by atoms with Crippen molar-refractivity contribution in [3.8, 4) is 0 Å². The second-order valence-corrected chi connectivity index (χ2v) is 3.53. The Balaban J connectivity index is 3.25. The first-order valence-corrected chi connectivity index (χ1v) is 4.78. The highest BCUT2D eigenvalue weighted by molar-refractivity contribution is 6.19. The van der Waals surface area contributed by atoms with Crippen LogP contribution in [0.1, 0.15) is 12.8 Å². The maximum atomic E-state index is 11.9. The minimum atomic E-state index is -1.56. The van der Waals surface area contributed by atoms with Gasteiger partial charge in [0.05, 0.1) is 5.29 Å². The maximum Gasteiger partial charge on any atom is 0.354 e. The van der Waals surface area contributed by atoms with Gasteiger partial charge in [0.1, 0.15) is 5.41 Å². The number of nitroso groups, excluding NO2 is 1. The minimum Gasteiger partial charge on any atom is -0.275 e.